The zero-order chi connectivity index (χ0) is 25.3. The molecular formula is C25H22F3N5O3. The fraction of sp³-hybridized carbons (Fsp3) is 0.240. The van der Waals surface area contributed by atoms with Gasteiger partial charge in [0.15, 0.2) is 0 Å². The summed E-state index contributed by atoms with van der Waals surface area (Å²) in [6.45, 7) is 0.571. The monoisotopic (exact) mass is 497 g/mol. The summed E-state index contributed by atoms with van der Waals surface area (Å²) in [5.74, 6) is 1.44. The third kappa shape index (κ3) is 5.10. The first kappa shape index (κ1) is 23.6. The second kappa shape index (κ2) is 9.50. The van der Waals surface area contributed by atoms with E-state index in [0.717, 1.165) is 24.1 Å². The second-order valence-electron chi connectivity index (χ2n) is 8.32. The number of hydrogen-bond acceptors (Lipinski definition) is 6. The number of ether oxygens (including phenoxy) is 2. The molecule has 5 rings (SSSR count). The van der Waals surface area contributed by atoms with Crippen molar-refractivity contribution >= 4 is 34.4 Å². The molecular weight excluding hydrogens is 475 g/mol. The molecule has 0 spiro atoms. The molecule has 0 radical (unpaired) electrons. The minimum atomic E-state index is -4.43. The van der Waals surface area contributed by atoms with E-state index in [1.54, 1.807) is 48.0 Å². The molecule has 36 heavy (non-hydrogen) atoms. The van der Waals surface area contributed by atoms with Gasteiger partial charge in [-0.05, 0) is 49.2 Å². The average Bonchev–Trinajstić information content (AvgIpc) is 3.48. The highest BCUT2D eigenvalue weighted by molar-refractivity contribution is 5.93. The first-order valence-electron chi connectivity index (χ1n) is 11.2. The minimum absolute atomic E-state index is 0.243. The van der Waals surface area contributed by atoms with Crippen LogP contribution in [0, 0.1) is 0 Å². The maximum absolute atomic E-state index is 13.0. The fourth-order valence-electron chi connectivity index (χ4n) is 3.93. The summed E-state index contributed by atoms with van der Waals surface area (Å²) in [6.07, 6.45) is -1.85. The molecule has 4 aromatic rings. The second-order valence-corrected chi connectivity index (χ2v) is 8.32. The number of aryl methyl sites for hydroxylation is 1. The Morgan fingerprint density at radius 2 is 1.97 bits per heavy atom. The van der Waals surface area contributed by atoms with Crippen molar-refractivity contribution in [1.82, 2.24) is 14.5 Å². The number of carbonyl (C=O) groups is 1. The van der Waals surface area contributed by atoms with Gasteiger partial charge in [0, 0.05) is 37.7 Å². The molecule has 2 N–H and O–H groups in total. The lowest BCUT2D eigenvalue weighted by molar-refractivity contribution is -0.137. The summed E-state index contributed by atoms with van der Waals surface area (Å²) >= 11 is 0. The van der Waals surface area contributed by atoms with Crippen LogP contribution in [0.25, 0.3) is 11.0 Å². The fourth-order valence-corrected chi connectivity index (χ4v) is 3.93. The van der Waals surface area contributed by atoms with Gasteiger partial charge in [-0.2, -0.15) is 13.2 Å². The third-order valence-electron chi connectivity index (χ3n) is 5.74. The number of amides is 1. The maximum Gasteiger partial charge on any atom is 0.416 e. The van der Waals surface area contributed by atoms with Crippen molar-refractivity contribution < 1.29 is 27.4 Å². The summed E-state index contributed by atoms with van der Waals surface area (Å²) in [7, 11) is 1.76. The van der Waals surface area contributed by atoms with Gasteiger partial charge in [-0.25, -0.2) is 9.97 Å². The number of imidazole rings is 1. The SMILES string of the molecule is Cn1c(Nc2cccc(C(F)(F)F)c2)nc2cc(Oc3ccnc(NC(=O)C4CCCO4)c3)ccc21. The topological polar surface area (TPSA) is 90.3 Å². The zero-order valence-electron chi connectivity index (χ0n) is 19.2. The van der Waals surface area contributed by atoms with Gasteiger partial charge in [0.1, 0.15) is 23.4 Å². The number of nitrogens with one attached hydrogen (secondary N) is 2. The van der Waals surface area contributed by atoms with Crippen molar-refractivity contribution in [2.75, 3.05) is 17.2 Å². The normalized spacial score (nSPS) is 15.7. The molecule has 0 saturated carbocycles. The van der Waals surface area contributed by atoms with Gasteiger partial charge in [-0.15, -0.1) is 0 Å². The van der Waals surface area contributed by atoms with Gasteiger partial charge in [0.2, 0.25) is 5.95 Å². The van der Waals surface area contributed by atoms with Crippen molar-refractivity contribution in [3.63, 3.8) is 0 Å². The Balaban J connectivity index is 1.32. The smallest absolute Gasteiger partial charge is 0.416 e. The Morgan fingerprint density at radius 1 is 1.14 bits per heavy atom. The average molecular weight is 497 g/mol. The number of rotatable bonds is 6. The lowest BCUT2D eigenvalue weighted by Crippen LogP contribution is -2.27. The first-order chi connectivity index (χ1) is 17.3. The van der Waals surface area contributed by atoms with Gasteiger partial charge in [-0.3, -0.25) is 4.79 Å². The molecule has 1 aliphatic heterocycles. The maximum atomic E-state index is 13.0. The Morgan fingerprint density at radius 3 is 2.75 bits per heavy atom. The molecule has 1 amide bonds. The van der Waals surface area contributed by atoms with Crippen molar-refractivity contribution in [2.45, 2.75) is 25.1 Å². The quantitative estimate of drug-likeness (QED) is 0.358. The zero-order valence-corrected chi connectivity index (χ0v) is 19.2. The summed E-state index contributed by atoms with van der Waals surface area (Å²) < 4.78 is 52.2. The molecule has 1 saturated heterocycles. The van der Waals surface area contributed by atoms with Crippen LogP contribution < -0.4 is 15.4 Å². The number of pyridine rings is 1. The first-order valence-corrected chi connectivity index (χ1v) is 11.2. The molecule has 2 aromatic heterocycles. The van der Waals surface area contributed by atoms with Crippen LogP contribution in [0.2, 0.25) is 0 Å². The van der Waals surface area contributed by atoms with Gasteiger partial charge < -0.3 is 24.7 Å². The lowest BCUT2D eigenvalue weighted by Gasteiger charge is -2.11. The largest absolute Gasteiger partial charge is 0.457 e. The van der Waals surface area contributed by atoms with E-state index in [9.17, 15) is 18.0 Å². The minimum Gasteiger partial charge on any atom is -0.457 e. The van der Waals surface area contributed by atoms with Crippen molar-refractivity contribution in [3.05, 3.63) is 66.4 Å². The molecule has 1 atom stereocenters. The molecule has 1 aliphatic rings. The van der Waals surface area contributed by atoms with E-state index in [-0.39, 0.29) is 11.6 Å². The van der Waals surface area contributed by atoms with Gasteiger partial charge in [0.25, 0.3) is 5.91 Å². The molecule has 3 heterocycles. The number of fused-ring (bicyclic) bond motifs is 1. The Hall–Kier alpha value is -4.12. The van der Waals surface area contributed by atoms with Crippen molar-refractivity contribution in [3.8, 4) is 11.5 Å². The highest BCUT2D eigenvalue weighted by Crippen LogP contribution is 2.32. The number of carbonyl (C=O) groups excluding carboxylic acids is 1. The van der Waals surface area contributed by atoms with E-state index in [2.05, 4.69) is 20.6 Å². The lowest BCUT2D eigenvalue weighted by atomic mass is 10.2. The predicted octanol–water partition coefficient (Wildman–Crippen LogP) is 5.64. The van der Waals surface area contributed by atoms with E-state index in [4.69, 9.17) is 9.47 Å². The van der Waals surface area contributed by atoms with E-state index in [1.165, 1.54) is 12.3 Å². The molecule has 11 heteroatoms. The highest BCUT2D eigenvalue weighted by Gasteiger charge is 2.30. The van der Waals surface area contributed by atoms with Crippen LogP contribution in [0.5, 0.6) is 11.5 Å². The number of alkyl halides is 3. The summed E-state index contributed by atoms with van der Waals surface area (Å²) in [5, 5.41) is 5.68. The van der Waals surface area contributed by atoms with Crippen LogP contribution >= 0.6 is 0 Å². The van der Waals surface area contributed by atoms with Gasteiger partial charge in [0.05, 0.1) is 16.6 Å². The summed E-state index contributed by atoms with van der Waals surface area (Å²) in [6, 6.07) is 13.5. The number of hydrogen-bond donors (Lipinski definition) is 2. The molecule has 186 valence electrons. The van der Waals surface area contributed by atoms with Gasteiger partial charge in [-0.1, -0.05) is 6.07 Å². The molecule has 1 fully saturated rings. The van der Waals surface area contributed by atoms with Crippen LogP contribution in [0.15, 0.2) is 60.8 Å². The Labute approximate surface area is 204 Å². The summed E-state index contributed by atoms with van der Waals surface area (Å²) in [5.41, 5.74) is 0.876. The van der Waals surface area contributed by atoms with Crippen LogP contribution in [-0.4, -0.2) is 33.2 Å². The van der Waals surface area contributed by atoms with E-state index in [1.807, 2.05) is 0 Å². The van der Waals surface area contributed by atoms with E-state index < -0.39 is 17.8 Å². The van der Waals surface area contributed by atoms with Gasteiger partial charge >= 0.3 is 6.18 Å². The van der Waals surface area contributed by atoms with Crippen LogP contribution in [-0.2, 0) is 22.8 Å². The highest BCUT2D eigenvalue weighted by atomic mass is 19.4. The standard InChI is InChI=1S/C25H22F3N5O3/c1-33-20-8-7-17(36-18-9-10-29-22(14-18)32-23(34)21-6-3-11-35-21)13-19(20)31-24(33)30-16-5-2-4-15(12-16)25(26,27)28/h2,4-5,7-10,12-14,21H,3,6,11H2,1H3,(H,30,31)(H,29,32,34). The van der Waals surface area contributed by atoms with Crippen molar-refractivity contribution in [2.24, 2.45) is 7.05 Å². The summed E-state index contributed by atoms with van der Waals surface area (Å²) in [4.78, 5) is 20.9. The number of aromatic nitrogens is 3. The number of anilines is 3. The van der Waals surface area contributed by atoms with E-state index in [0.29, 0.717) is 41.8 Å². The Bertz CT molecular complexity index is 1410. The van der Waals surface area contributed by atoms with Crippen molar-refractivity contribution in [1.29, 1.82) is 0 Å². The molecule has 0 bridgehead atoms. The van der Waals surface area contributed by atoms with Crippen LogP contribution in [0.1, 0.15) is 18.4 Å². The molecule has 0 aliphatic carbocycles. The number of halogens is 3. The third-order valence-corrected chi connectivity index (χ3v) is 5.74. The molecule has 1 unspecified atom stereocenters. The Kier molecular flexibility index (Phi) is 6.23. The predicted molar refractivity (Wildman–Crippen MR) is 127 cm³/mol. The number of nitrogens with zero attached hydrogens (tertiary/aromatic N) is 3. The van der Waals surface area contributed by atoms with Crippen LogP contribution in [0.4, 0.5) is 30.6 Å². The van der Waals surface area contributed by atoms with E-state index >= 15 is 0 Å². The molecule has 2 aromatic carbocycles. The van der Waals surface area contributed by atoms with Crippen LogP contribution in [0.3, 0.4) is 0 Å². The molecule has 8 nitrogen and oxygen atoms in total. The number of benzene rings is 2.